The van der Waals surface area contributed by atoms with Gasteiger partial charge in [-0.2, -0.15) is 0 Å². The molecule has 0 radical (unpaired) electrons. The Morgan fingerprint density at radius 3 is 2.39 bits per heavy atom. The van der Waals surface area contributed by atoms with Crippen molar-refractivity contribution in [2.45, 2.75) is 6.92 Å². The molecule has 0 amide bonds. The number of aryl methyl sites for hydroxylation is 1. The lowest BCUT2D eigenvalue weighted by Crippen LogP contribution is -1.93. The molecule has 0 saturated heterocycles. The van der Waals surface area contributed by atoms with Gasteiger partial charge in [0.15, 0.2) is 11.5 Å². The zero-order valence-corrected chi connectivity index (χ0v) is 12.4. The Morgan fingerprint density at radius 2 is 1.72 bits per heavy atom. The summed E-state index contributed by atoms with van der Waals surface area (Å²) in [6, 6.07) is 11.4. The second kappa shape index (κ2) is 5.48. The third-order valence-electron chi connectivity index (χ3n) is 2.49. The maximum absolute atomic E-state index is 5.85. The van der Waals surface area contributed by atoms with Crippen LogP contribution < -0.4 is 15.2 Å². The minimum absolute atomic E-state index is 0.700. The highest BCUT2D eigenvalue weighted by molar-refractivity contribution is 14.1. The molecule has 0 aromatic heterocycles. The van der Waals surface area contributed by atoms with E-state index in [1.54, 1.807) is 7.11 Å². The molecule has 0 unspecified atom stereocenters. The van der Waals surface area contributed by atoms with Gasteiger partial charge >= 0.3 is 0 Å². The Hall–Kier alpha value is -1.43. The third-order valence-corrected chi connectivity index (χ3v) is 3.34. The molecule has 0 fully saturated rings. The number of benzene rings is 2. The number of anilines is 1. The molecule has 0 aliphatic carbocycles. The van der Waals surface area contributed by atoms with Gasteiger partial charge in [-0.05, 0) is 65.4 Å². The highest BCUT2D eigenvalue weighted by Crippen LogP contribution is 2.34. The van der Waals surface area contributed by atoms with E-state index in [4.69, 9.17) is 15.2 Å². The first kappa shape index (κ1) is 13.0. The Labute approximate surface area is 120 Å². The van der Waals surface area contributed by atoms with Crippen molar-refractivity contribution in [1.29, 1.82) is 0 Å². The van der Waals surface area contributed by atoms with Crippen LogP contribution >= 0.6 is 22.6 Å². The summed E-state index contributed by atoms with van der Waals surface area (Å²) in [5.41, 5.74) is 7.57. The fraction of sp³-hybridized carbons (Fsp3) is 0.143. The first-order valence-corrected chi connectivity index (χ1v) is 6.55. The van der Waals surface area contributed by atoms with Gasteiger partial charge in [-0.3, -0.25) is 0 Å². The smallest absolute Gasteiger partial charge is 0.169 e. The largest absolute Gasteiger partial charge is 0.493 e. The average Bonchev–Trinajstić information content (AvgIpc) is 2.34. The van der Waals surface area contributed by atoms with Gasteiger partial charge in [0, 0.05) is 5.69 Å². The molecular weight excluding hydrogens is 341 g/mol. The van der Waals surface area contributed by atoms with Crippen LogP contribution in [0.4, 0.5) is 5.69 Å². The molecule has 0 atom stereocenters. The Bertz CT molecular complexity index is 570. The van der Waals surface area contributed by atoms with Crippen molar-refractivity contribution >= 4 is 28.3 Å². The van der Waals surface area contributed by atoms with Gasteiger partial charge < -0.3 is 15.2 Å². The molecule has 2 rings (SSSR count). The zero-order chi connectivity index (χ0) is 13.1. The lowest BCUT2D eigenvalue weighted by molar-refractivity contribution is 0.378. The lowest BCUT2D eigenvalue weighted by Gasteiger charge is -2.12. The summed E-state index contributed by atoms with van der Waals surface area (Å²) < 4.78 is 12.1. The number of rotatable bonds is 3. The summed E-state index contributed by atoms with van der Waals surface area (Å²) in [7, 11) is 1.63. The van der Waals surface area contributed by atoms with Gasteiger partial charge in [-0.25, -0.2) is 0 Å². The number of nitrogens with two attached hydrogens (primary N) is 1. The maximum Gasteiger partial charge on any atom is 0.169 e. The quantitative estimate of drug-likeness (QED) is 0.669. The van der Waals surface area contributed by atoms with Crippen molar-refractivity contribution in [3.63, 3.8) is 0 Å². The lowest BCUT2D eigenvalue weighted by atomic mass is 10.2. The summed E-state index contributed by atoms with van der Waals surface area (Å²) in [6.45, 7) is 2.01. The summed E-state index contributed by atoms with van der Waals surface area (Å²) in [6.07, 6.45) is 0. The summed E-state index contributed by atoms with van der Waals surface area (Å²) in [4.78, 5) is 0. The van der Waals surface area contributed by atoms with E-state index in [9.17, 15) is 0 Å². The Morgan fingerprint density at radius 1 is 1.00 bits per heavy atom. The number of methoxy groups -OCH3 is 1. The first-order valence-electron chi connectivity index (χ1n) is 5.47. The molecule has 2 N–H and O–H groups in total. The fourth-order valence-electron chi connectivity index (χ4n) is 1.58. The molecular formula is C14H14INO2. The number of nitrogen functional groups attached to an aromatic ring is 1. The van der Waals surface area contributed by atoms with Crippen molar-refractivity contribution in [2.75, 3.05) is 12.8 Å². The van der Waals surface area contributed by atoms with Crippen molar-refractivity contribution in [2.24, 2.45) is 0 Å². The number of hydrogen-bond acceptors (Lipinski definition) is 3. The van der Waals surface area contributed by atoms with Crippen LogP contribution in [-0.2, 0) is 0 Å². The molecule has 0 aliphatic rings. The van der Waals surface area contributed by atoms with E-state index in [0.717, 1.165) is 26.3 Å². The summed E-state index contributed by atoms with van der Waals surface area (Å²) >= 11 is 2.20. The zero-order valence-electron chi connectivity index (χ0n) is 10.2. The fourth-order valence-corrected chi connectivity index (χ4v) is 2.23. The van der Waals surface area contributed by atoms with E-state index in [-0.39, 0.29) is 0 Å². The van der Waals surface area contributed by atoms with Gasteiger partial charge in [-0.15, -0.1) is 0 Å². The van der Waals surface area contributed by atoms with Crippen LogP contribution in [-0.4, -0.2) is 7.11 Å². The average molecular weight is 355 g/mol. The van der Waals surface area contributed by atoms with Crippen molar-refractivity contribution < 1.29 is 9.47 Å². The van der Waals surface area contributed by atoms with E-state index in [1.807, 2.05) is 43.3 Å². The third kappa shape index (κ3) is 2.87. The normalized spacial score (nSPS) is 10.2. The van der Waals surface area contributed by atoms with E-state index < -0.39 is 0 Å². The van der Waals surface area contributed by atoms with Crippen LogP contribution in [0.15, 0.2) is 36.4 Å². The van der Waals surface area contributed by atoms with Gasteiger partial charge in [-0.1, -0.05) is 6.07 Å². The van der Waals surface area contributed by atoms with Crippen LogP contribution in [0, 0.1) is 10.5 Å². The molecule has 2 aromatic rings. The van der Waals surface area contributed by atoms with E-state index in [2.05, 4.69) is 22.6 Å². The standard InChI is InChI=1S/C14H14INO2/c1-9-3-5-13(14(7-9)17-2)18-12-6-4-10(16)8-11(12)15/h3-8H,16H2,1-2H3. The highest BCUT2D eigenvalue weighted by atomic mass is 127. The molecule has 4 heteroatoms. The molecule has 0 spiro atoms. The van der Waals surface area contributed by atoms with Gasteiger partial charge in [0.05, 0.1) is 10.7 Å². The number of hydrogen-bond donors (Lipinski definition) is 1. The van der Waals surface area contributed by atoms with Gasteiger partial charge in [0.1, 0.15) is 5.75 Å². The Kier molecular flexibility index (Phi) is 3.96. The summed E-state index contributed by atoms with van der Waals surface area (Å²) in [5.74, 6) is 2.19. The summed E-state index contributed by atoms with van der Waals surface area (Å²) in [5, 5.41) is 0. The van der Waals surface area contributed by atoms with Crippen LogP contribution in [0.3, 0.4) is 0 Å². The van der Waals surface area contributed by atoms with Crippen LogP contribution in [0.1, 0.15) is 5.56 Å². The van der Waals surface area contributed by atoms with Gasteiger partial charge in [0.25, 0.3) is 0 Å². The van der Waals surface area contributed by atoms with E-state index in [1.165, 1.54) is 0 Å². The molecule has 0 aliphatic heterocycles. The molecule has 3 nitrogen and oxygen atoms in total. The van der Waals surface area contributed by atoms with E-state index in [0.29, 0.717) is 5.75 Å². The number of halogens is 1. The molecule has 2 aromatic carbocycles. The molecule has 18 heavy (non-hydrogen) atoms. The minimum Gasteiger partial charge on any atom is -0.493 e. The first-order chi connectivity index (χ1) is 8.60. The van der Waals surface area contributed by atoms with Crippen LogP contribution in [0.25, 0.3) is 0 Å². The van der Waals surface area contributed by atoms with Crippen LogP contribution in [0.2, 0.25) is 0 Å². The van der Waals surface area contributed by atoms with Crippen molar-refractivity contribution in [3.8, 4) is 17.2 Å². The van der Waals surface area contributed by atoms with Crippen molar-refractivity contribution in [1.82, 2.24) is 0 Å². The predicted molar refractivity (Wildman–Crippen MR) is 81.4 cm³/mol. The van der Waals surface area contributed by atoms with Gasteiger partial charge in [0.2, 0.25) is 0 Å². The molecule has 94 valence electrons. The second-order valence-electron chi connectivity index (χ2n) is 3.95. The topological polar surface area (TPSA) is 44.5 Å². The molecule has 0 saturated carbocycles. The predicted octanol–water partition coefficient (Wildman–Crippen LogP) is 3.98. The molecule has 0 heterocycles. The Balaban J connectivity index is 2.33. The van der Waals surface area contributed by atoms with Crippen molar-refractivity contribution in [3.05, 3.63) is 45.5 Å². The van der Waals surface area contributed by atoms with Crippen LogP contribution in [0.5, 0.6) is 17.2 Å². The SMILES string of the molecule is COc1cc(C)ccc1Oc1ccc(N)cc1I. The highest BCUT2D eigenvalue weighted by Gasteiger charge is 2.08. The van der Waals surface area contributed by atoms with E-state index >= 15 is 0 Å². The minimum atomic E-state index is 0.700. The monoisotopic (exact) mass is 355 g/mol. The second-order valence-corrected chi connectivity index (χ2v) is 5.11. The number of ether oxygens (including phenoxy) is 2. The maximum atomic E-state index is 5.85. The molecule has 0 bridgehead atoms.